The SMILES string of the molecule is O=CCCSc1ccc(Cl)cc1F. The van der Waals surface area contributed by atoms with Gasteiger partial charge < -0.3 is 4.79 Å². The zero-order valence-electron chi connectivity index (χ0n) is 6.80. The minimum absolute atomic E-state index is 0.330. The molecule has 1 aromatic carbocycles. The van der Waals surface area contributed by atoms with Crippen molar-refractivity contribution in [2.24, 2.45) is 0 Å². The van der Waals surface area contributed by atoms with E-state index in [2.05, 4.69) is 0 Å². The monoisotopic (exact) mass is 218 g/mol. The molecule has 4 heteroatoms. The maximum Gasteiger partial charge on any atom is 0.138 e. The fourth-order valence-corrected chi connectivity index (χ4v) is 1.76. The third kappa shape index (κ3) is 3.36. The van der Waals surface area contributed by atoms with E-state index in [1.54, 1.807) is 12.1 Å². The van der Waals surface area contributed by atoms with E-state index in [0.717, 1.165) is 6.29 Å². The lowest BCUT2D eigenvalue weighted by molar-refractivity contribution is -0.107. The predicted octanol–water partition coefficient (Wildman–Crippen LogP) is 3.16. The molecular weight excluding hydrogens is 211 g/mol. The fraction of sp³-hybridized carbons (Fsp3) is 0.222. The van der Waals surface area contributed by atoms with Crippen molar-refractivity contribution in [1.29, 1.82) is 0 Å². The Balaban J connectivity index is 2.61. The highest BCUT2D eigenvalue weighted by Crippen LogP contribution is 2.24. The molecule has 0 atom stereocenters. The van der Waals surface area contributed by atoms with Crippen molar-refractivity contribution in [3.63, 3.8) is 0 Å². The van der Waals surface area contributed by atoms with Crippen LogP contribution in [-0.4, -0.2) is 12.0 Å². The summed E-state index contributed by atoms with van der Waals surface area (Å²) in [5.41, 5.74) is 0. The van der Waals surface area contributed by atoms with Gasteiger partial charge in [-0.3, -0.25) is 0 Å². The Morgan fingerprint density at radius 1 is 1.54 bits per heavy atom. The third-order valence-corrected chi connectivity index (χ3v) is 2.70. The summed E-state index contributed by atoms with van der Waals surface area (Å²) in [6.45, 7) is 0. The first kappa shape index (κ1) is 10.5. The highest BCUT2D eigenvalue weighted by Gasteiger charge is 2.02. The standard InChI is InChI=1S/C9H8ClFOS/c10-7-2-3-9(8(11)6-7)13-5-1-4-12/h2-4,6H,1,5H2. The molecule has 0 saturated carbocycles. The van der Waals surface area contributed by atoms with E-state index in [1.807, 2.05) is 0 Å². The molecule has 0 aliphatic carbocycles. The van der Waals surface area contributed by atoms with Crippen molar-refractivity contribution in [1.82, 2.24) is 0 Å². The van der Waals surface area contributed by atoms with E-state index >= 15 is 0 Å². The minimum atomic E-state index is -0.330. The van der Waals surface area contributed by atoms with Crippen molar-refractivity contribution < 1.29 is 9.18 Å². The molecule has 0 fully saturated rings. The fourth-order valence-electron chi connectivity index (χ4n) is 0.809. The first-order valence-corrected chi connectivity index (χ1v) is 5.12. The molecule has 0 aromatic heterocycles. The van der Waals surface area contributed by atoms with Gasteiger partial charge in [0.25, 0.3) is 0 Å². The van der Waals surface area contributed by atoms with Gasteiger partial charge in [-0.05, 0) is 18.2 Å². The summed E-state index contributed by atoms with van der Waals surface area (Å²) < 4.78 is 13.1. The summed E-state index contributed by atoms with van der Waals surface area (Å²) in [6, 6.07) is 4.52. The number of benzene rings is 1. The quantitative estimate of drug-likeness (QED) is 0.439. The lowest BCUT2D eigenvalue weighted by Gasteiger charge is -2.00. The van der Waals surface area contributed by atoms with Crippen LogP contribution in [0.3, 0.4) is 0 Å². The number of aldehydes is 1. The smallest absolute Gasteiger partial charge is 0.138 e. The van der Waals surface area contributed by atoms with Gasteiger partial charge in [-0.25, -0.2) is 4.39 Å². The molecule has 0 spiro atoms. The average Bonchev–Trinajstić information content (AvgIpc) is 2.09. The second-order valence-corrected chi connectivity index (χ2v) is 3.95. The van der Waals surface area contributed by atoms with Gasteiger partial charge in [-0.2, -0.15) is 0 Å². The number of halogens is 2. The molecule has 0 amide bonds. The summed E-state index contributed by atoms with van der Waals surface area (Å²) in [4.78, 5) is 10.5. The summed E-state index contributed by atoms with van der Waals surface area (Å²) in [5, 5.41) is 0.386. The number of carbonyl (C=O) groups excluding carboxylic acids is 1. The molecule has 1 nitrogen and oxygen atoms in total. The van der Waals surface area contributed by atoms with Crippen LogP contribution < -0.4 is 0 Å². The molecule has 0 N–H and O–H groups in total. The van der Waals surface area contributed by atoms with Gasteiger partial charge in [-0.1, -0.05) is 11.6 Å². The van der Waals surface area contributed by atoms with E-state index in [4.69, 9.17) is 11.6 Å². The molecule has 0 aliphatic rings. The molecule has 1 aromatic rings. The Morgan fingerprint density at radius 3 is 2.92 bits per heavy atom. The van der Waals surface area contributed by atoms with E-state index in [0.29, 0.717) is 22.1 Å². The number of carbonyl (C=O) groups is 1. The van der Waals surface area contributed by atoms with Crippen LogP contribution in [0.2, 0.25) is 5.02 Å². The number of thioether (sulfide) groups is 1. The minimum Gasteiger partial charge on any atom is -0.303 e. The van der Waals surface area contributed by atoms with Crippen LogP contribution >= 0.6 is 23.4 Å². The molecule has 0 bridgehead atoms. The first-order chi connectivity index (χ1) is 6.24. The van der Waals surface area contributed by atoms with E-state index < -0.39 is 0 Å². The van der Waals surface area contributed by atoms with Crippen LogP contribution in [0, 0.1) is 5.82 Å². The molecule has 70 valence electrons. The van der Waals surface area contributed by atoms with Crippen molar-refractivity contribution in [3.8, 4) is 0 Å². The maximum absolute atomic E-state index is 13.1. The number of hydrogen-bond donors (Lipinski definition) is 0. The molecule has 0 radical (unpaired) electrons. The summed E-state index contributed by atoms with van der Waals surface area (Å²) in [5.74, 6) is 0.269. The lowest BCUT2D eigenvalue weighted by Crippen LogP contribution is -1.84. The summed E-state index contributed by atoms with van der Waals surface area (Å²) >= 11 is 6.89. The van der Waals surface area contributed by atoms with Crippen LogP contribution in [0.15, 0.2) is 23.1 Å². The van der Waals surface area contributed by atoms with E-state index in [9.17, 15) is 9.18 Å². The van der Waals surface area contributed by atoms with Gasteiger partial charge in [0, 0.05) is 22.1 Å². The molecule has 13 heavy (non-hydrogen) atoms. The van der Waals surface area contributed by atoms with Crippen LogP contribution in [0.25, 0.3) is 0 Å². The van der Waals surface area contributed by atoms with Crippen molar-refractivity contribution in [3.05, 3.63) is 29.0 Å². The molecule has 1 rings (SSSR count). The van der Waals surface area contributed by atoms with Crippen molar-refractivity contribution >= 4 is 29.6 Å². The Hall–Kier alpha value is -0.540. The largest absolute Gasteiger partial charge is 0.303 e. The van der Waals surface area contributed by atoms with Crippen LogP contribution in [0.4, 0.5) is 4.39 Å². The van der Waals surface area contributed by atoms with E-state index in [-0.39, 0.29) is 5.82 Å². The molecule has 0 heterocycles. The van der Waals surface area contributed by atoms with Crippen LogP contribution in [0.5, 0.6) is 0 Å². The van der Waals surface area contributed by atoms with Gasteiger partial charge in [0.15, 0.2) is 0 Å². The average molecular weight is 219 g/mol. The second-order valence-electron chi connectivity index (χ2n) is 2.38. The Bertz CT molecular complexity index is 304. The lowest BCUT2D eigenvalue weighted by atomic mass is 10.3. The second kappa shape index (κ2) is 5.25. The Morgan fingerprint density at radius 2 is 2.31 bits per heavy atom. The van der Waals surface area contributed by atoms with Gasteiger partial charge in [-0.15, -0.1) is 11.8 Å². The van der Waals surface area contributed by atoms with Crippen LogP contribution in [0.1, 0.15) is 6.42 Å². The maximum atomic E-state index is 13.1. The predicted molar refractivity (Wildman–Crippen MR) is 52.8 cm³/mol. The third-order valence-electron chi connectivity index (χ3n) is 1.39. The first-order valence-electron chi connectivity index (χ1n) is 3.75. The summed E-state index contributed by atoms with van der Waals surface area (Å²) in [6.07, 6.45) is 1.26. The van der Waals surface area contributed by atoms with Gasteiger partial charge in [0.1, 0.15) is 12.1 Å². The van der Waals surface area contributed by atoms with Gasteiger partial charge in [0.05, 0.1) is 0 Å². The van der Waals surface area contributed by atoms with Gasteiger partial charge >= 0.3 is 0 Å². The summed E-state index contributed by atoms with van der Waals surface area (Å²) in [7, 11) is 0. The van der Waals surface area contributed by atoms with E-state index in [1.165, 1.54) is 17.8 Å². The Labute approximate surface area is 85.3 Å². The highest BCUT2D eigenvalue weighted by molar-refractivity contribution is 7.99. The molecule has 0 aliphatic heterocycles. The topological polar surface area (TPSA) is 17.1 Å². The number of rotatable bonds is 4. The zero-order valence-corrected chi connectivity index (χ0v) is 8.37. The molecule has 0 unspecified atom stereocenters. The van der Waals surface area contributed by atoms with Gasteiger partial charge in [0.2, 0.25) is 0 Å². The molecule has 0 saturated heterocycles. The zero-order chi connectivity index (χ0) is 9.68. The van der Waals surface area contributed by atoms with Crippen LogP contribution in [-0.2, 0) is 4.79 Å². The van der Waals surface area contributed by atoms with Crippen molar-refractivity contribution in [2.75, 3.05) is 5.75 Å². The van der Waals surface area contributed by atoms with Crippen molar-refractivity contribution in [2.45, 2.75) is 11.3 Å². The molecular formula is C9H8ClFOS. The number of hydrogen-bond acceptors (Lipinski definition) is 2. The normalized spacial score (nSPS) is 10.0. The Kier molecular flexibility index (Phi) is 4.25. The highest BCUT2D eigenvalue weighted by atomic mass is 35.5.